The Morgan fingerprint density at radius 3 is 2.57 bits per heavy atom. The van der Waals surface area contributed by atoms with E-state index in [1.54, 1.807) is 18.3 Å². The van der Waals surface area contributed by atoms with Crippen LogP contribution >= 0.6 is 0 Å². The third-order valence-electron chi connectivity index (χ3n) is 7.57. The summed E-state index contributed by atoms with van der Waals surface area (Å²) in [5.74, 6) is 1.42. The third-order valence-corrected chi connectivity index (χ3v) is 7.57. The summed E-state index contributed by atoms with van der Waals surface area (Å²) in [6, 6.07) is 10.1. The maximum absolute atomic E-state index is 13.2. The largest absolute Gasteiger partial charge is 0.472 e. The van der Waals surface area contributed by atoms with E-state index < -0.39 is 0 Å². The summed E-state index contributed by atoms with van der Waals surface area (Å²) < 4.78 is 5.15. The van der Waals surface area contributed by atoms with Crippen molar-refractivity contribution in [1.82, 2.24) is 14.9 Å². The van der Waals surface area contributed by atoms with Crippen LogP contribution in [0.5, 0.6) is 0 Å². The first-order valence-electron chi connectivity index (χ1n) is 12.7. The molecule has 1 atom stereocenters. The highest BCUT2D eigenvalue weighted by molar-refractivity contribution is 5.94. The van der Waals surface area contributed by atoms with Crippen LogP contribution in [-0.4, -0.2) is 46.5 Å². The molecule has 0 aromatic carbocycles. The number of piperazine rings is 1. The lowest BCUT2D eigenvalue weighted by molar-refractivity contribution is 0.0630. The highest BCUT2D eigenvalue weighted by Crippen LogP contribution is 2.46. The quantitative estimate of drug-likeness (QED) is 0.491. The Hall–Kier alpha value is -4.43. The number of anilines is 1. The van der Waals surface area contributed by atoms with Crippen molar-refractivity contribution in [3.63, 3.8) is 0 Å². The summed E-state index contributed by atoms with van der Waals surface area (Å²) >= 11 is 0. The minimum Gasteiger partial charge on any atom is -0.472 e. The van der Waals surface area contributed by atoms with Crippen molar-refractivity contribution in [3.05, 3.63) is 71.6 Å². The van der Waals surface area contributed by atoms with E-state index in [0.717, 1.165) is 42.5 Å². The molecule has 2 saturated carbocycles. The van der Waals surface area contributed by atoms with Crippen LogP contribution in [0.4, 0.5) is 5.82 Å². The Morgan fingerprint density at radius 2 is 1.92 bits per heavy atom. The fourth-order valence-electron chi connectivity index (χ4n) is 5.31. The van der Waals surface area contributed by atoms with E-state index in [1.165, 1.54) is 12.5 Å². The van der Waals surface area contributed by atoms with Crippen molar-refractivity contribution >= 4 is 17.8 Å². The number of aromatic nitrogens is 2. The van der Waals surface area contributed by atoms with Crippen LogP contribution in [0.15, 0.2) is 47.9 Å². The molecule has 1 unspecified atom stereocenters. The van der Waals surface area contributed by atoms with Gasteiger partial charge in [-0.15, -0.1) is 0 Å². The predicted octanol–water partition coefficient (Wildman–Crippen LogP) is 4.74. The van der Waals surface area contributed by atoms with Gasteiger partial charge < -0.3 is 14.2 Å². The monoisotopic (exact) mass is 490 g/mol. The lowest BCUT2D eigenvalue weighted by Crippen LogP contribution is -2.56. The second-order valence-corrected chi connectivity index (χ2v) is 10.0. The number of furan rings is 1. The molecule has 184 valence electrons. The number of amides is 1. The number of nitrogens with zero attached hydrogens (tertiary/aromatic N) is 6. The van der Waals surface area contributed by atoms with Crippen LogP contribution < -0.4 is 4.90 Å². The number of carbonyl (C=O) groups is 1. The molecule has 4 heterocycles. The van der Waals surface area contributed by atoms with Gasteiger partial charge in [-0.2, -0.15) is 10.5 Å². The number of hydrogen-bond acceptors (Lipinski definition) is 7. The summed E-state index contributed by atoms with van der Waals surface area (Å²) in [4.78, 5) is 26.7. The number of carbonyl (C=O) groups excluding carboxylic acids is 1. The molecular weight excluding hydrogens is 464 g/mol. The van der Waals surface area contributed by atoms with Crippen LogP contribution in [0.25, 0.3) is 17.2 Å². The Kier molecular flexibility index (Phi) is 5.73. The lowest BCUT2D eigenvalue weighted by atomic mass is 9.95. The SMILES string of the molecule is C=Cc1cc(-c2cc(C#N)c(N3CCN(C(=O)c4ccoc4)C(C4CC4)C3)nc2C2CC2)c(C#N)cn1. The van der Waals surface area contributed by atoms with E-state index in [4.69, 9.17) is 9.40 Å². The van der Waals surface area contributed by atoms with Crippen molar-refractivity contribution in [2.45, 2.75) is 37.6 Å². The van der Waals surface area contributed by atoms with Gasteiger partial charge in [0.15, 0.2) is 0 Å². The standard InChI is InChI=1S/C29H26N6O2/c1-2-23-12-24(22(14-31)15-32-23)25-11-21(13-30)28(33-27(25)19-5-6-19)34-8-9-35(26(16-34)18-3-4-18)29(36)20-7-10-37-17-20/h2,7,10-12,15,17-19,26H,1,3-6,8-9,16H2. The van der Waals surface area contributed by atoms with E-state index >= 15 is 0 Å². The van der Waals surface area contributed by atoms with Gasteiger partial charge in [0.25, 0.3) is 5.91 Å². The van der Waals surface area contributed by atoms with Crippen LogP contribution in [0, 0.1) is 28.6 Å². The first-order valence-corrected chi connectivity index (χ1v) is 12.7. The third kappa shape index (κ3) is 4.25. The first-order chi connectivity index (χ1) is 18.1. The van der Waals surface area contributed by atoms with Crippen molar-refractivity contribution in [2.24, 2.45) is 5.92 Å². The molecule has 3 aliphatic rings. The smallest absolute Gasteiger partial charge is 0.257 e. The maximum Gasteiger partial charge on any atom is 0.257 e. The van der Waals surface area contributed by atoms with Gasteiger partial charge in [0, 0.05) is 42.9 Å². The topological polar surface area (TPSA) is 110 Å². The predicted molar refractivity (Wildman–Crippen MR) is 137 cm³/mol. The van der Waals surface area contributed by atoms with E-state index in [1.807, 2.05) is 17.0 Å². The number of pyridine rings is 2. The average Bonchev–Trinajstić information content (AvgIpc) is 3.89. The normalized spacial score (nSPS) is 19.2. The molecular formula is C29H26N6O2. The molecule has 3 aromatic rings. The van der Waals surface area contributed by atoms with Crippen molar-refractivity contribution in [3.8, 4) is 23.3 Å². The molecule has 3 aromatic heterocycles. The zero-order valence-electron chi connectivity index (χ0n) is 20.4. The van der Waals surface area contributed by atoms with Crippen LogP contribution in [0.1, 0.15) is 64.5 Å². The van der Waals surface area contributed by atoms with E-state index in [0.29, 0.717) is 59.7 Å². The zero-order valence-corrected chi connectivity index (χ0v) is 20.4. The van der Waals surface area contributed by atoms with Gasteiger partial charge in [0.2, 0.25) is 0 Å². The molecule has 8 heteroatoms. The average molecular weight is 491 g/mol. The molecule has 8 nitrogen and oxygen atoms in total. The summed E-state index contributed by atoms with van der Waals surface area (Å²) in [5.41, 5.74) is 4.64. The van der Waals surface area contributed by atoms with Gasteiger partial charge in [-0.1, -0.05) is 6.58 Å². The first kappa shape index (κ1) is 23.0. The van der Waals surface area contributed by atoms with Crippen molar-refractivity contribution in [1.29, 1.82) is 10.5 Å². The zero-order chi connectivity index (χ0) is 25.5. The molecule has 0 bridgehead atoms. The Labute approximate surface area is 215 Å². The van der Waals surface area contributed by atoms with Gasteiger partial charge >= 0.3 is 0 Å². The Bertz CT molecular complexity index is 1460. The molecule has 0 spiro atoms. The molecule has 1 aliphatic heterocycles. The molecule has 3 fully saturated rings. The number of hydrogen-bond donors (Lipinski definition) is 0. The molecule has 1 amide bonds. The number of nitriles is 2. The Morgan fingerprint density at radius 1 is 1.11 bits per heavy atom. The van der Waals surface area contributed by atoms with Crippen molar-refractivity contribution in [2.75, 3.05) is 24.5 Å². The minimum atomic E-state index is -0.00692. The summed E-state index contributed by atoms with van der Waals surface area (Å²) in [5, 5.41) is 19.9. The second-order valence-electron chi connectivity index (χ2n) is 10.0. The molecule has 6 rings (SSSR count). The summed E-state index contributed by atoms with van der Waals surface area (Å²) in [6.07, 6.45) is 10.5. The fourth-order valence-corrected chi connectivity index (χ4v) is 5.31. The van der Waals surface area contributed by atoms with Gasteiger partial charge in [-0.25, -0.2) is 4.98 Å². The molecule has 37 heavy (non-hydrogen) atoms. The fraction of sp³-hybridized carbons (Fsp3) is 0.345. The highest BCUT2D eigenvalue weighted by atomic mass is 16.3. The van der Waals surface area contributed by atoms with Gasteiger partial charge in [-0.05, 0) is 55.9 Å². The van der Waals surface area contributed by atoms with Crippen LogP contribution in [0.2, 0.25) is 0 Å². The van der Waals surface area contributed by atoms with Crippen LogP contribution in [0.3, 0.4) is 0 Å². The minimum absolute atomic E-state index is 0.00692. The van der Waals surface area contributed by atoms with Gasteiger partial charge in [-0.3, -0.25) is 9.78 Å². The van der Waals surface area contributed by atoms with Gasteiger partial charge in [0.05, 0.1) is 40.4 Å². The summed E-state index contributed by atoms with van der Waals surface area (Å²) in [7, 11) is 0. The highest BCUT2D eigenvalue weighted by Gasteiger charge is 2.42. The molecule has 0 N–H and O–H groups in total. The van der Waals surface area contributed by atoms with E-state index in [2.05, 4.69) is 28.6 Å². The van der Waals surface area contributed by atoms with Gasteiger partial charge in [0.1, 0.15) is 24.2 Å². The van der Waals surface area contributed by atoms with Crippen LogP contribution in [-0.2, 0) is 0 Å². The van der Waals surface area contributed by atoms with E-state index in [-0.39, 0.29) is 11.9 Å². The molecule has 0 radical (unpaired) electrons. The molecule has 1 saturated heterocycles. The van der Waals surface area contributed by atoms with E-state index in [9.17, 15) is 15.3 Å². The lowest BCUT2D eigenvalue weighted by Gasteiger charge is -2.42. The number of rotatable bonds is 6. The molecule has 2 aliphatic carbocycles. The Balaban J connectivity index is 1.38. The maximum atomic E-state index is 13.2. The second kappa shape index (κ2) is 9.22. The summed E-state index contributed by atoms with van der Waals surface area (Å²) in [6.45, 7) is 5.60. The van der Waals surface area contributed by atoms with Crippen molar-refractivity contribution < 1.29 is 9.21 Å².